The van der Waals surface area contributed by atoms with Crippen molar-refractivity contribution in [1.82, 2.24) is 24.5 Å². The third-order valence-electron chi connectivity index (χ3n) is 3.20. The van der Waals surface area contributed by atoms with Gasteiger partial charge in [-0.2, -0.15) is 0 Å². The molecular weight excluding hydrogens is 258 g/mol. The molecule has 20 heavy (non-hydrogen) atoms. The largest absolute Gasteiger partial charge is 0.336 e. The van der Waals surface area contributed by atoms with Crippen LogP contribution in [0.1, 0.15) is 11.4 Å². The van der Waals surface area contributed by atoms with E-state index in [0.717, 1.165) is 12.0 Å². The molecule has 102 valence electrons. The van der Waals surface area contributed by atoms with Gasteiger partial charge in [0.1, 0.15) is 11.3 Å². The van der Waals surface area contributed by atoms with E-state index in [-0.39, 0.29) is 0 Å². The minimum atomic E-state index is -0.463. The lowest BCUT2D eigenvalue weighted by Crippen LogP contribution is -2.28. The summed E-state index contributed by atoms with van der Waals surface area (Å²) in [6, 6.07) is 3.87. The SMILES string of the molecule is Cn1c(=O)[nH]c(=O)c2[nH]c(CCc3ccncc3)nc21. The lowest BCUT2D eigenvalue weighted by Gasteiger charge is -1.97. The van der Waals surface area contributed by atoms with Crippen LogP contribution >= 0.6 is 0 Å². The van der Waals surface area contributed by atoms with E-state index < -0.39 is 11.2 Å². The average molecular weight is 271 g/mol. The van der Waals surface area contributed by atoms with Crippen molar-refractivity contribution in [2.24, 2.45) is 7.05 Å². The molecule has 0 aliphatic heterocycles. The summed E-state index contributed by atoms with van der Waals surface area (Å²) in [4.78, 5) is 36.7. The standard InChI is InChI=1S/C13H13N5O2/c1-18-11-10(12(19)17-13(18)20)15-9(16-11)3-2-8-4-6-14-7-5-8/h4-7H,2-3H2,1H3,(H,15,16)(H,17,19,20). The summed E-state index contributed by atoms with van der Waals surface area (Å²) in [7, 11) is 1.58. The third kappa shape index (κ3) is 2.13. The molecule has 0 amide bonds. The summed E-state index contributed by atoms with van der Waals surface area (Å²) in [6.07, 6.45) is 4.92. The fraction of sp³-hybridized carbons (Fsp3) is 0.231. The zero-order chi connectivity index (χ0) is 14.1. The normalized spacial score (nSPS) is 11.1. The van der Waals surface area contributed by atoms with Gasteiger partial charge in [-0.1, -0.05) is 0 Å². The van der Waals surface area contributed by atoms with Gasteiger partial charge in [-0.15, -0.1) is 0 Å². The highest BCUT2D eigenvalue weighted by Gasteiger charge is 2.10. The Morgan fingerprint density at radius 3 is 2.65 bits per heavy atom. The molecule has 7 nitrogen and oxygen atoms in total. The first-order valence-electron chi connectivity index (χ1n) is 6.22. The maximum atomic E-state index is 11.7. The molecule has 0 aromatic carbocycles. The topological polar surface area (TPSA) is 96.4 Å². The highest BCUT2D eigenvalue weighted by Crippen LogP contribution is 2.07. The number of nitrogens with one attached hydrogen (secondary N) is 2. The van der Waals surface area contributed by atoms with E-state index in [1.165, 1.54) is 4.57 Å². The summed E-state index contributed by atoms with van der Waals surface area (Å²) < 4.78 is 1.32. The van der Waals surface area contributed by atoms with E-state index in [9.17, 15) is 9.59 Å². The lowest BCUT2D eigenvalue weighted by atomic mass is 10.1. The summed E-state index contributed by atoms with van der Waals surface area (Å²) in [5.41, 5.74) is 0.948. The van der Waals surface area contributed by atoms with E-state index in [4.69, 9.17) is 0 Å². The smallest absolute Gasteiger partial charge is 0.329 e. The number of aromatic amines is 2. The fourth-order valence-electron chi connectivity index (χ4n) is 2.08. The Balaban J connectivity index is 1.94. The Kier molecular flexibility index (Phi) is 2.94. The van der Waals surface area contributed by atoms with Gasteiger partial charge >= 0.3 is 5.69 Å². The molecule has 0 unspecified atom stereocenters. The van der Waals surface area contributed by atoms with E-state index in [0.29, 0.717) is 23.4 Å². The highest BCUT2D eigenvalue weighted by molar-refractivity contribution is 5.69. The molecule has 0 saturated carbocycles. The minimum absolute atomic E-state index is 0.330. The Hall–Kier alpha value is -2.70. The summed E-state index contributed by atoms with van der Waals surface area (Å²) >= 11 is 0. The van der Waals surface area contributed by atoms with Gasteiger partial charge in [0.25, 0.3) is 5.56 Å². The van der Waals surface area contributed by atoms with Crippen LogP contribution < -0.4 is 11.2 Å². The van der Waals surface area contributed by atoms with Crippen LogP contribution in [-0.4, -0.2) is 24.5 Å². The molecule has 7 heteroatoms. The molecule has 0 aliphatic carbocycles. The zero-order valence-corrected chi connectivity index (χ0v) is 10.9. The zero-order valence-electron chi connectivity index (χ0n) is 10.9. The van der Waals surface area contributed by atoms with Crippen LogP contribution in [0.25, 0.3) is 11.2 Å². The van der Waals surface area contributed by atoms with E-state index >= 15 is 0 Å². The highest BCUT2D eigenvalue weighted by atomic mass is 16.2. The number of hydrogen-bond donors (Lipinski definition) is 2. The molecule has 0 aliphatic rings. The predicted molar refractivity (Wildman–Crippen MR) is 73.6 cm³/mol. The van der Waals surface area contributed by atoms with Crippen LogP contribution in [0.15, 0.2) is 34.1 Å². The molecular formula is C13H13N5O2. The first kappa shape index (κ1) is 12.3. The van der Waals surface area contributed by atoms with Gasteiger partial charge in [0.05, 0.1) is 0 Å². The van der Waals surface area contributed by atoms with Crippen molar-refractivity contribution in [2.75, 3.05) is 0 Å². The van der Waals surface area contributed by atoms with E-state index in [1.807, 2.05) is 12.1 Å². The van der Waals surface area contributed by atoms with E-state index in [1.54, 1.807) is 19.4 Å². The quantitative estimate of drug-likeness (QED) is 0.707. The van der Waals surface area contributed by atoms with Crippen molar-refractivity contribution in [3.05, 3.63) is 56.8 Å². The van der Waals surface area contributed by atoms with Crippen molar-refractivity contribution in [3.63, 3.8) is 0 Å². The fourth-order valence-corrected chi connectivity index (χ4v) is 2.08. The van der Waals surface area contributed by atoms with Crippen molar-refractivity contribution in [3.8, 4) is 0 Å². The number of aromatic nitrogens is 5. The summed E-state index contributed by atoms with van der Waals surface area (Å²) in [5, 5.41) is 0. The Morgan fingerprint density at radius 1 is 1.15 bits per heavy atom. The molecule has 2 N–H and O–H groups in total. The van der Waals surface area contributed by atoms with Gasteiger partial charge in [-0.05, 0) is 24.1 Å². The monoisotopic (exact) mass is 271 g/mol. The van der Waals surface area contributed by atoms with Gasteiger partial charge in [-0.25, -0.2) is 9.78 Å². The Morgan fingerprint density at radius 2 is 1.90 bits per heavy atom. The maximum Gasteiger partial charge on any atom is 0.329 e. The lowest BCUT2D eigenvalue weighted by molar-refractivity contribution is 0.827. The first-order valence-corrected chi connectivity index (χ1v) is 6.22. The van der Waals surface area contributed by atoms with Crippen LogP contribution in [0.5, 0.6) is 0 Å². The van der Waals surface area contributed by atoms with Crippen molar-refractivity contribution < 1.29 is 0 Å². The van der Waals surface area contributed by atoms with Crippen LogP contribution in [-0.2, 0) is 19.9 Å². The molecule has 3 aromatic heterocycles. The number of hydrogen-bond acceptors (Lipinski definition) is 4. The van der Waals surface area contributed by atoms with Crippen molar-refractivity contribution in [2.45, 2.75) is 12.8 Å². The second-order valence-corrected chi connectivity index (χ2v) is 4.56. The number of nitrogens with zero attached hydrogens (tertiary/aromatic N) is 3. The second kappa shape index (κ2) is 4.76. The van der Waals surface area contributed by atoms with E-state index in [2.05, 4.69) is 19.9 Å². The molecule has 0 spiro atoms. The summed E-state index contributed by atoms with van der Waals surface area (Å²) in [5.74, 6) is 0.684. The van der Waals surface area contributed by atoms with Gasteiger partial charge in [-0.3, -0.25) is 19.3 Å². The molecule has 3 rings (SSSR count). The number of pyridine rings is 1. The van der Waals surface area contributed by atoms with Crippen molar-refractivity contribution >= 4 is 11.2 Å². The molecule has 0 atom stereocenters. The minimum Gasteiger partial charge on any atom is -0.336 e. The van der Waals surface area contributed by atoms with Gasteiger partial charge in [0.2, 0.25) is 0 Å². The number of rotatable bonds is 3. The molecule has 3 heterocycles. The Labute approximate surface area is 113 Å². The average Bonchev–Trinajstić information content (AvgIpc) is 2.89. The Bertz CT molecular complexity index is 860. The molecule has 0 bridgehead atoms. The molecule has 0 saturated heterocycles. The molecule has 3 aromatic rings. The van der Waals surface area contributed by atoms with Crippen LogP contribution in [0.2, 0.25) is 0 Å². The third-order valence-corrected chi connectivity index (χ3v) is 3.20. The molecule has 0 fully saturated rings. The second-order valence-electron chi connectivity index (χ2n) is 4.56. The number of fused-ring (bicyclic) bond motifs is 1. The maximum absolute atomic E-state index is 11.7. The summed E-state index contributed by atoms with van der Waals surface area (Å²) in [6.45, 7) is 0. The van der Waals surface area contributed by atoms with Crippen LogP contribution in [0.3, 0.4) is 0 Å². The van der Waals surface area contributed by atoms with Crippen molar-refractivity contribution in [1.29, 1.82) is 0 Å². The first-order chi connectivity index (χ1) is 9.65. The number of H-pyrrole nitrogens is 2. The van der Waals surface area contributed by atoms with Gasteiger partial charge in [0, 0.05) is 25.9 Å². The predicted octanol–water partition coefficient (Wildman–Crippen LogP) is 0.130. The van der Waals surface area contributed by atoms with Gasteiger partial charge < -0.3 is 4.98 Å². The van der Waals surface area contributed by atoms with Crippen LogP contribution in [0, 0.1) is 0 Å². The van der Waals surface area contributed by atoms with Crippen LogP contribution in [0.4, 0.5) is 0 Å². The van der Waals surface area contributed by atoms with Gasteiger partial charge in [0.15, 0.2) is 5.65 Å². The molecule has 0 radical (unpaired) electrons. The number of aryl methyl sites for hydroxylation is 3. The number of imidazole rings is 1.